The molecule has 2 fully saturated rings. The van der Waals surface area contributed by atoms with E-state index in [1.807, 2.05) is 27.7 Å². The number of amides is 3. The van der Waals surface area contributed by atoms with Crippen LogP contribution in [0.3, 0.4) is 0 Å². The van der Waals surface area contributed by atoms with Crippen molar-refractivity contribution in [3.8, 4) is 5.75 Å². The number of anilines is 1. The summed E-state index contributed by atoms with van der Waals surface area (Å²) in [4.78, 5) is 52.6. The fourth-order valence-electron chi connectivity index (χ4n) is 5.65. The Balaban J connectivity index is 1.49. The van der Waals surface area contributed by atoms with Gasteiger partial charge in [-0.05, 0) is 71.9 Å². The molecule has 1 aromatic rings. The molecule has 1 saturated heterocycles. The normalized spacial score (nSPS) is 20.3. The predicted octanol–water partition coefficient (Wildman–Crippen LogP) is 4.20. The van der Waals surface area contributed by atoms with Crippen molar-refractivity contribution >= 4 is 36.3 Å². The molecule has 0 spiro atoms. The van der Waals surface area contributed by atoms with Crippen molar-refractivity contribution in [2.45, 2.75) is 83.9 Å². The summed E-state index contributed by atoms with van der Waals surface area (Å²) >= 11 is 0. The van der Waals surface area contributed by atoms with Crippen LogP contribution in [-0.2, 0) is 9.53 Å². The van der Waals surface area contributed by atoms with E-state index in [4.69, 9.17) is 14.5 Å². The molecule has 3 amide bonds. The second kappa shape index (κ2) is 13.5. The van der Waals surface area contributed by atoms with Gasteiger partial charge in [-0.2, -0.15) is 4.99 Å². The highest BCUT2D eigenvalue weighted by molar-refractivity contribution is 6.00. The number of likely N-dealkylation sites (tertiary alicyclic amines) is 1. The SMILES string of the molecule is C=N/C(=N\C1=C(C)N(C)C(=O)CCN1C1CCCC1)Nc1ccc(C(=O)N[C@H]2CCN(C(=O)OC(C)(C)C)C2)cc1OC. The number of hydrogen-bond donors (Lipinski definition) is 2. The van der Waals surface area contributed by atoms with Gasteiger partial charge < -0.3 is 34.8 Å². The highest BCUT2D eigenvalue weighted by Gasteiger charge is 2.32. The van der Waals surface area contributed by atoms with Gasteiger partial charge in [0.1, 0.15) is 11.4 Å². The second-order valence-electron chi connectivity index (χ2n) is 12.3. The third-order valence-corrected chi connectivity index (χ3v) is 8.05. The number of aliphatic imine (C=N–C) groups is 2. The van der Waals surface area contributed by atoms with Crippen LogP contribution in [0.1, 0.15) is 76.6 Å². The molecule has 0 bridgehead atoms. The number of carbonyl (C=O) groups is 3. The Bertz CT molecular complexity index is 1300. The van der Waals surface area contributed by atoms with E-state index in [9.17, 15) is 14.4 Å². The van der Waals surface area contributed by atoms with Gasteiger partial charge in [0.2, 0.25) is 11.9 Å². The van der Waals surface area contributed by atoms with Crippen LogP contribution in [0.5, 0.6) is 5.75 Å². The van der Waals surface area contributed by atoms with Crippen LogP contribution in [0.15, 0.2) is 39.7 Å². The van der Waals surface area contributed by atoms with Gasteiger partial charge in [0.15, 0.2) is 5.82 Å². The van der Waals surface area contributed by atoms with Crippen LogP contribution in [-0.4, -0.2) is 96.8 Å². The number of ether oxygens (including phenoxy) is 2. The first kappa shape index (κ1) is 31.8. The lowest BCUT2D eigenvalue weighted by Gasteiger charge is -2.31. The number of allylic oxidation sites excluding steroid dienone is 1. The molecule has 2 N–H and O–H groups in total. The Morgan fingerprint density at radius 1 is 1.12 bits per heavy atom. The summed E-state index contributed by atoms with van der Waals surface area (Å²) in [5, 5.41) is 6.20. The van der Waals surface area contributed by atoms with Gasteiger partial charge in [0.05, 0.1) is 18.5 Å². The Hall–Kier alpha value is -4.09. The van der Waals surface area contributed by atoms with Gasteiger partial charge >= 0.3 is 6.09 Å². The zero-order valence-electron chi connectivity index (χ0n) is 26.2. The smallest absolute Gasteiger partial charge is 0.410 e. The summed E-state index contributed by atoms with van der Waals surface area (Å²) in [5.41, 5.74) is 1.16. The number of benzene rings is 1. The number of nitrogens with one attached hydrogen (secondary N) is 2. The molecule has 1 aliphatic carbocycles. The number of rotatable bonds is 6. The van der Waals surface area contributed by atoms with Crippen LogP contribution in [0.4, 0.5) is 10.5 Å². The molecule has 12 nitrogen and oxygen atoms in total. The number of guanidine groups is 1. The van der Waals surface area contributed by atoms with Crippen molar-refractivity contribution in [2.75, 3.05) is 39.1 Å². The molecular weight excluding hydrogens is 550 g/mol. The molecule has 2 heterocycles. The summed E-state index contributed by atoms with van der Waals surface area (Å²) in [6, 6.07) is 5.20. The second-order valence-corrected chi connectivity index (χ2v) is 12.3. The molecule has 0 aromatic heterocycles. The third-order valence-electron chi connectivity index (χ3n) is 8.05. The van der Waals surface area contributed by atoms with Crippen molar-refractivity contribution in [2.24, 2.45) is 9.98 Å². The molecule has 0 unspecified atom stereocenters. The molecule has 12 heteroatoms. The van der Waals surface area contributed by atoms with E-state index in [0.717, 1.165) is 31.4 Å². The minimum atomic E-state index is -0.577. The fraction of sp³-hybridized carbons (Fsp3) is 0.581. The van der Waals surface area contributed by atoms with E-state index in [0.29, 0.717) is 61.3 Å². The number of hydrogen-bond acceptors (Lipinski definition) is 7. The average Bonchev–Trinajstić information content (AvgIpc) is 3.65. The van der Waals surface area contributed by atoms with Gasteiger partial charge in [-0.3, -0.25) is 9.59 Å². The van der Waals surface area contributed by atoms with Crippen molar-refractivity contribution in [1.82, 2.24) is 20.0 Å². The molecule has 1 saturated carbocycles. The first-order valence-electron chi connectivity index (χ1n) is 14.9. The molecule has 1 aromatic carbocycles. The monoisotopic (exact) mass is 595 g/mol. The van der Waals surface area contributed by atoms with Crippen LogP contribution >= 0.6 is 0 Å². The highest BCUT2D eigenvalue weighted by atomic mass is 16.6. The minimum absolute atomic E-state index is 0.0532. The lowest BCUT2D eigenvalue weighted by atomic mass is 10.1. The van der Waals surface area contributed by atoms with Crippen molar-refractivity contribution < 1.29 is 23.9 Å². The third kappa shape index (κ3) is 7.85. The largest absolute Gasteiger partial charge is 0.495 e. The van der Waals surface area contributed by atoms with E-state index < -0.39 is 5.60 Å². The molecule has 3 aliphatic rings. The summed E-state index contributed by atoms with van der Waals surface area (Å²) in [7, 11) is 3.30. The van der Waals surface area contributed by atoms with Crippen LogP contribution in [0.25, 0.3) is 0 Å². The van der Waals surface area contributed by atoms with E-state index in [1.54, 1.807) is 35.0 Å². The van der Waals surface area contributed by atoms with Gasteiger partial charge in [-0.1, -0.05) is 12.8 Å². The molecule has 2 aliphatic heterocycles. The molecule has 1 atom stereocenters. The van der Waals surface area contributed by atoms with E-state index in [2.05, 4.69) is 27.2 Å². The molecule has 0 radical (unpaired) electrons. The molecule has 4 rings (SSSR count). The maximum absolute atomic E-state index is 13.1. The first-order chi connectivity index (χ1) is 20.4. The molecule has 43 heavy (non-hydrogen) atoms. The van der Waals surface area contributed by atoms with Gasteiger partial charge in [0, 0.05) is 50.7 Å². The zero-order chi connectivity index (χ0) is 31.3. The summed E-state index contributed by atoms with van der Waals surface area (Å²) in [6.07, 6.45) is 5.12. The van der Waals surface area contributed by atoms with Gasteiger partial charge in [0.25, 0.3) is 5.91 Å². The Labute approximate surface area is 254 Å². The summed E-state index contributed by atoms with van der Waals surface area (Å²) in [6.45, 7) is 12.6. The highest BCUT2D eigenvalue weighted by Crippen LogP contribution is 2.32. The van der Waals surface area contributed by atoms with E-state index in [-0.39, 0.29) is 29.9 Å². The number of carbonyl (C=O) groups excluding carboxylic acids is 3. The molecular formula is C31H45N7O5. The standard InChI is InChI=1S/C31H45N7O5/c1-20-27(38(23-10-8-9-11-23)17-15-26(39)36(20)6)35-29(32-5)34-24-13-12-21(18-25(24)42-7)28(40)33-22-14-16-37(19-22)30(41)43-31(2,3)4/h12-13,18,22-23H,5,8-11,14-17,19H2,1-4,6-7H3,(H,33,40)(H,34,35)/t22-/m0/s1. The number of nitrogens with zero attached hydrogens (tertiary/aromatic N) is 5. The maximum Gasteiger partial charge on any atom is 0.410 e. The van der Waals surface area contributed by atoms with Gasteiger partial charge in [-0.25, -0.2) is 9.79 Å². The quantitative estimate of drug-likeness (QED) is 0.373. The Morgan fingerprint density at radius 2 is 1.84 bits per heavy atom. The summed E-state index contributed by atoms with van der Waals surface area (Å²) < 4.78 is 11.1. The topological polar surface area (TPSA) is 128 Å². The van der Waals surface area contributed by atoms with Crippen LogP contribution in [0, 0.1) is 0 Å². The van der Waals surface area contributed by atoms with Crippen LogP contribution in [0.2, 0.25) is 0 Å². The van der Waals surface area contributed by atoms with E-state index >= 15 is 0 Å². The number of methoxy groups -OCH3 is 1. The van der Waals surface area contributed by atoms with Gasteiger partial charge in [-0.15, -0.1) is 0 Å². The summed E-state index contributed by atoms with van der Waals surface area (Å²) in [5.74, 6) is 1.16. The fourth-order valence-corrected chi connectivity index (χ4v) is 5.65. The van der Waals surface area contributed by atoms with Crippen molar-refractivity contribution in [3.63, 3.8) is 0 Å². The van der Waals surface area contributed by atoms with Crippen LogP contribution < -0.4 is 15.4 Å². The zero-order valence-corrected chi connectivity index (χ0v) is 26.2. The first-order valence-corrected chi connectivity index (χ1v) is 14.9. The van der Waals surface area contributed by atoms with Crippen molar-refractivity contribution in [1.29, 1.82) is 0 Å². The maximum atomic E-state index is 13.1. The predicted molar refractivity (Wildman–Crippen MR) is 166 cm³/mol. The molecule has 234 valence electrons. The van der Waals surface area contributed by atoms with Crippen molar-refractivity contribution in [3.05, 3.63) is 35.3 Å². The Kier molecular flexibility index (Phi) is 9.98. The Morgan fingerprint density at radius 3 is 2.49 bits per heavy atom. The van der Waals surface area contributed by atoms with E-state index in [1.165, 1.54) is 7.11 Å². The lowest BCUT2D eigenvalue weighted by Crippen LogP contribution is -2.40. The average molecular weight is 596 g/mol. The minimum Gasteiger partial charge on any atom is -0.495 e. The lowest BCUT2D eigenvalue weighted by molar-refractivity contribution is -0.127.